The SMILES string of the molecule is Cc1cc(C)c(NC(=O)NC(C)C(C)CO)c(C)c1. The number of hydrogen-bond acceptors (Lipinski definition) is 2. The molecule has 0 fully saturated rings. The smallest absolute Gasteiger partial charge is 0.319 e. The molecule has 0 radical (unpaired) electrons. The van der Waals surface area contributed by atoms with Gasteiger partial charge in [0.1, 0.15) is 0 Å². The molecule has 1 aromatic carbocycles. The third kappa shape index (κ3) is 4.24. The van der Waals surface area contributed by atoms with Gasteiger partial charge in [-0.05, 0) is 44.7 Å². The highest BCUT2D eigenvalue weighted by Gasteiger charge is 2.15. The summed E-state index contributed by atoms with van der Waals surface area (Å²) in [6, 6.07) is 3.78. The fourth-order valence-electron chi connectivity index (χ4n) is 2.03. The van der Waals surface area contributed by atoms with Gasteiger partial charge in [-0.25, -0.2) is 4.79 Å². The highest BCUT2D eigenvalue weighted by atomic mass is 16.3. The Morgan fingerprint density at radius 1 is 1.21 bits per heavy atom. The predicted molar refractivity (Wildman–Crippen MR) is 78.5 cm³/mol. The largest absolute Gasteiger partial charge is 0.396 e. The number of carbonyl (C=O) groups is 1. The van der Waals surface area contributed by atoms with Gasteiger partial charge in [0.05, 0.1) is 0 Å². The van der Waals surface area contributed by atoms with E-state index in [4.69, 9.17) is 5.11 Å². The predicted octanol–water partition coefficient (Wildman–Crippen LogP) is 2.75. The molecule has 4 heteroatoms. The Morgan fingerprint density at radius 2 is 1.74 bits per heavy atom. The summed E-state index contributed by atoms with van der Waals surface area (Å²) < 4.78 is 0. The summed E-state index contributed by atoms with van der Waals surface area (Å²) in [7, 11) is 0. The first-order valence-electron chi connectivity index (χ1n) is 6.61. The molecule has 0 heterocycles. The van der Waals surface area contributed by atoms with Gasteiger partial charge >= 0.3 is 6.03 Å². The number of rotatable bonds is 4. The van der Waals surface area contributed by atoms with Crippen molar-refractivity contribution >= 4 is 11.7 Å². The lowest BCUT2D eigenvalue weighted by atomic mass is 10.0. The van der Waals surface area contributed by atoms with Gasteiger partial charge < -0.3 is 15.7 Å². The Kier molecular flexibility index (Phi) is 5.36. The van der Waals surface area contributed by atoms with E-state index in [1.807, 2.05) is 46.8 Å². The second-order valence-electron chi connectivity index (χ2n) is 5.32. The van der Waals surface area contributed by atoms with Crippen molar-refractivity contribution in [1.82, 2.24) is 5.32 Å². The van der Waals surface area contributed by atoms with Crippen LogP contribution in [0.4, 0.5) is 10.5 Å². The number of urea groups is 1. The molecule has 0 aromatic heterocycles. The molecule has 2 atom stereocenters. The number of benzene rings is 1. The minimum atomic E-state index is -0.233. The highest BCUT2D eigenvalue weighted by molar-refractivity contribution is 5.91. The van der Waals surface area contributed by atoms with Crippen molar-refractivity contribution in [1.29, 1.82) is 0 Å². The molecule has 0 aliphatic rings. The first-order chi connectivity index (χ1) is 8.85. The minimum Gasteiger partial charge on any atom is -0.396 e. The van der Waals surface area contributed by atoms with Crippen molar-refractivity contribution in [2.24, 2.45) is 5.92 Å². The van der Waals surface area contributed by atoms with Crippen molar-refractivity contribution in [2.75, 3.05) is 11.9 Å². The summed E-state index contributed by atoms with van der Waals surface area (Å²) in [5.74, 6) is 0.0333. The number of hydrogen-bond donors (Lipinski definition) is 3. The maximum Gasteiger partial charge on any atom is 0.319 e. The van der Waals surface area contributed by atoms with Crippen LogP contribution in [-0.2, 0) is 0 Å². The van der Waals surface area contributed by atoms with Gasteiger partial charge in [-0.15, -0.1) is 0 Å². The highest BCUT2D eigenvalue weighted by Crippen LogP contribution is 2.21. The van der Waals surface area contributed by atoms with Crippen molar-refractivity contribution < 1.29 is 9.90 Å². The van der Waals surface area contributed by atoms with Crippen molar-refractivity contribution in [3.05, 3.63) is 28.8 Å². The zero-order chi connectivity index (χ0) is 14.6. The molecule has 0 aliphatic carbocycles. The van der Waals surface area contributed by atoms with Crippen molar-refractivity contribution in [2.45, 2.75) is 40.7 Å². The van der Waals surface area contributed by atoms with Crippen LogP contribution in [0, 0.1) is 26.7 Å². The molecule has 0 aliphatic heterocycles. The Hall–Kier alpha value is -1.55. The third-order valence-electron chi connectivity index (χ3n) is 3.42. The number of nitrogens with one attached hydrogen (secondary N) is 2. The third-order valence-corrected chi connectivity index (χ3v) is 3.42. The van der Waals surface area contributed by atoms with E-state index in [1.54, 1.807) is 0 Å². The lowest BCUT2D eigenvalue weighted by molar-refractivity contribution is 0.204. The summed E-state index contributed by atoms with van der Waals surface area (Å²) in [5.41, 5.74) is 4.14. The summed E-state index contributed by atoms with van der Waals surface area (Å²) in [5, 5.41) is 14.8. The normalized spacial score (nSPS) is 13.8. The lowest BCUT2D eigenvalue weighted by Crippen LogP contribution is -2.41. The van der Waals surface area contributed by atoms with Crippen LogP contribution in [0.2, 0.25) is 0 Å². The molecule has 2 amide bonds. The standard InChI is InChI=1S/C15H24N2O2/c1-9-6-10(2)14(11(3)7-9)17-15(19)16-13(5)12(4)8-18/h6-7,12-13,18H,8H2,1-5H3,(H2,16,17,19). The van der Waals surface area contributed by atoms with Crippen LogP contribution in [0.15, 0.2) is 12.1 Å². The number of anilines is 1. The van der Waals surface area contributed by atoms with Gasteiger partial charge in [0.2, 0.25) is 0 Å². The van der Waals surface area contributed by atoms with Crippen LogP contribution in [-0.4, -0.2) is 23.8 Å². The number of aliphatic hydroxyl groups is 1. The topological polar surface area (TPSA) is 61.4 Å². The average molecular weight is 264 g/mol. The quantitative estimate of drug-likeness (QED) is 0.783. The Labute approximate surface area is 115 Å². The minimum absolute atomic E-state index is 0.0333. The zero-order valence-electron chi connectivity index (χ0n) is 12.4. The molecule has 1 aromatic rings. The van der Waals surface area contributed by atoms with Crippen LogP contribution in [0.25, 0.3) is 0 Å². The van der Waals surface area contributed by atoms with E-state index in [0.717, 1.165) is 16.8 Å². The second kappa shape index (κ2) is 6.57. The van der Waals surface area contributed by atoms with E-state index in [0.29, 0.717) is 0 Å². The number of amides is 2. The van der Waals surface area contributed by atoms with Crippen LogP contribution < -0.4 is 10.6 Å². The molecule has 0 bridgehead atoms. The van der Waals surface area contributed by atoms with Gasteiger partial charge in [0.15, 0.2) is 0 Å². The molecular formula is C15H24N2O2. The maximum atomic E-state index is 11.9. The van der Waals surface area contributed by atoms with Gasteiger partial charge in [0.25, 0.3) is 0 Å². The molecule has 0 saturated heterocycles. The zero-order valence-corrected chi connectivity index (χ0v) is 12.4. The molecule has 0 saturated carbocycles. The maximum absolute atomic E-state index is 11.9. The van der Waals surface area contributed by atoms with E-state index < -0.39 is 0 Å². The van der Waals surface area contributed by atoms with Gasteiger partial charge in [-0.3, -0.25) is 0 Å². The van der Waals surface area contributed by atoms with Gasteiger partial charge in [-0.2, -0.15) is 0 Å². The monoisotopic (exact) mass is 264 g/mol. The molecule has 106 valence electrons. The summed E-state index contributed by atoms with van der Waals surface area (Å²) in [6.07, 6.45) is 0. The number of aryl methyl sites for hydroxylation is 3. The molecule has 1 rings (SSSR count). The van der Waals surface area contributed by atoms with E-state index in [-0.39, 0.29) is 24.6 Å². The molecule has 2 unspecified atom stereocenters. The second-order valence-corrected chi connectivity index (χ2v) is 5.32. The number of carbonyl (C=O) groups excluding carboxylic acids is 1. The lowest BCUT2D eigenvalue weighted by Gasteiger charge is -2.20. The van der Waals surface area contributed by atoms with E-state index >= 15 is 0 Å². The molecule has 3 N–H and O–H groups in total. The fraction of sp³-hybridized carbons (Fsp3) is 0.533. The van der Waals surface area contributed by atoms with Gasteiger partial charge in [0, 0.05) is 18.3 Å². The van der Waals surface area contributed by atoms with Crippen LogP contribution in [0.3, 0.4) is 0 Å². The van der Waals surface area contributed by atoms with E-state index in [1.165, 1.54) is 5.56 Å². The summed E-state index contributed by atoms with van der Waals surface area (Å²) in [4.78, 5) is 11.9. The summed E-state index contributed by atoms with van der Waals surface area (Å²) in [6.45, 7) is 9.84. The van der Waals surface area contributed by atoms with Crippen molar-refractivity contribution in [3.8, 4) is 0 Å². The first-order valence-corrected chi connectivity index (χ1v) is 6.61. The Morgan fingerprint density at radius 3 is 2.21 bits per heavy atom. The molecule has 4 nitrogen and oxygen atoms in total. The average Bonchev–Trinajstić information content (AvgIpc) is 2.32. The fourth-order valence-corrected chi connectivity index (χ4v) is 2.03. The molecule has 0 spiro atoms. The van der Waals surface area contributed by atoms with Crippen molar-refractivity contribution in [3.63, 3.8) is 0 Å². The number of aliphatic hydroxyl groups excluding tert-OH is 1. The van der Waals surface area contributed by atoms with Crippen LogP contribution in [0.5, 0.6) is 0 Å². The first kappa shape index (κ1) is 15.5. The molecule has 19 heavy (non-hydrogen) atoms. The Balaban J connectivity index is 2.73. The van der Waals surface area contributed by atoms with Crippen LogP contribution >= 0.6 is 0 Å². The van der Waals surface area contributed by atoms with Crippen LogP contribution in [0.1, 0.15) is 30.5 Å². The molecular weight excluding hydrogens is 240 g/mol. The van der Waals surface area contributed by atoms with E-state index in [2.05, 4.69) is 10.6 Å². The summed E-state index contributed by atoms with van der Waals surface area (Å²) >= 11 is 0. The van der Waals surface area contributed by atoms with Gasteiger partial charge in [-0.1, -0.05) is 24.6 Å². The van der Waals surface area contributed by atoms with E-state index in [9.17, 15) is 4.79 Å². The Bertz CT molecular complexity index is 434.